The van der Waals surface area contributed by atoms with Crippen LogP contribution in [0.3, 0.4) is 0 Å². The molecule has 0 aliphatic carbocycles. The number of hydrogen-bond acceptors (Lipinski definition) is 1. The van der Waals surface area contributed by atoms with Gasteiger partial charge in [0.25, 0.3) is 5.56 Å². The minimum Gasteiger partial charge on any atom is -0.294 e. The highest BCUT2D eigenvalue weighted by Gasteiger charge is 2.16. The van der Waals surface area contributed by atoms with E-state index in [4.69, 9.17) is 0 Å². The Kier molecular flexibility index (Phi) is 3.93. The van der Waals surface area contributed by atoms with Gasteiger partial charge in [0.05, 0.1) is 5.69 Å². The Morgan fingerprint density at radius 1 is 1.32 bits per heavy atom. The Morgan fingerprint density at radius 3 is 2.63 bits per heavy atom. The number of aryl methyl sites for hydroxylation is 1. The second-order valence-electron chi connectivity index (χ2n) is 5.39. The first kappa shape index (κ1) is 13.7. The van der Waals surface area contributed by atoms with E-state index in [9.17, 15) is 4.79 Å². The van der Waals surface area contributed by atoms with E-state index in [1.165, 1.54) is 0 Å². The first-order valence-corrected chi connectivity index (χ1v) is 6.95. The summed E-state index contributed by atoms with van der Waals surface area (Å²) in [6.07, 6.45) is 1.82. The van der Waals surface area contributed by atoms with Gasteiger partial charge in [0.2, 0.25) is 0 Å². The maximum Gasteiger partial charge on any atom is 0.274 e. The molecule has 102 valence electrons. The van der Waals surface area contributed by atoms with Gasteiger partial charge in [-0.1, -0.05) is 39.3 Å². The molecule has 1 heterocycles. The summed E-state index contributed by atoms with van der Waals surface area (Å²) in [6, 6.07) is 8.00. The van der Waals surface area contributed by atoms with Crippen LogP contribution in [-0.4, -0.2) is 9.78 Å². The van der Waals surface area contributed by atoms with Crippen LogP contribution in [-0.2, 0) is 6.42 Å². The van der Waals surface area contributed by atoms with Crippen LogP contribution in [0.25, 0.3) is 5.69 Å². The summed E-state index contributed by atoms with van der Waals surface area (Å²) in [5.74, 6) is 0.334. The van der Waals surface area contributed by atoms with Gasteiger partial charge in [0.1, 0.15) is 0 Å². The Balaban J connectivity index is 2.59. The van der Waals surface area contributed by atoms with Gasteiger partial charge in [-0.3, -0.25) is 9.89 Å². The molecule has 0 saturated heterocycles. The molecule has 0 spiro atoms. The number of nitrogens with one attached hydrogen (secondary N) is 1. The van der Waals surface area contributed by atoms with E-state index in [1.54, 1.807) is 4.68 Å². The van der Waals surface area contributed by atoms with Crippen molar-refractivity contribution in [3.63, 3.8) is 0 Å². The number of nitrogens with zero attached hydrogens (tertiary/aromatic N) is 1. The number of H-pyrrole nitrogens is 1. The van der Waals surface area contributed by atoms with Gasteiger partial charge in [0, 0.05) is 11.3 Å². The maximum atomic E-state index is 12.5. The SMILES string of the molecule is CCCc1c(C(C)C)[nH]n(-c2cccc(C)c2)c1=O. The van der Waals surface area contributed by atoms with E-state index in [2.05, 4.69) is 25.9 Å². The zero-order chi connectivity index (χ0) is 14.0. The first-order valence-electron chi connectivity index (χ1n) is 6.95. The third-order valence-corrected chi connectivity index (χ3v) is 3.36. The third-order valence-electron chi connectivity index (χ3n) is 3.36. The van der Waals surface area contributed by atoms with Gasteiger partial charge in [-0.05, 0) is 37.0 Å². The lowest BCUT2D eigenvalue weighted by Gasteiger charge is -2.05. The molecule has 19 heavy (non-hydrogen) atoms. The second-order valence-corrected chi connectivity index (χ2v) is 5.39. The molecular formula is C16H22N2O. The zero-order valence-corrected chi connectivity index (χ0v) is 12.2. The average Bonchev–Trinajstić information content (AvgIpc) is 2.68. The Labute approximate surface area is 114 Å². The standard InChI is InChI=1S/C16H22N2O/c1-5-7-14-15(11(2)3)17-18(16(14)19)13-9-6-8-12(4)10-13/h6,8-11,17H,5,7H2,1-4H3. The average molecular weight is 258 g/mol. The topological polar surface area (TPSA) is 37.8 Å². The lowest BCUT2D eigenvalue weighted by Crippen LogP contribution is -2.17. The Bertz CT molecular complexity index is 620. The summed E-state index contributed by atoms with van der Waals surface area (Å²) in [5, 5.41) is 3.28. The van der Waals surface area contributed by atoms with E-state index in [1.807, 2.05) is 31.2 Å². The van der Waals surface area contributed by atoms with Crippen molar-refractivity contribution in [1.29, 1.82) is 0 Å². The number of benzene rings is 1. The largest absolute Gasteiger partial charge is 0.294 e. The summed E-state index contributed by atoms with van der Waals surface area (Å²) in [5.41, 5.74) is 4.15. The molecule has 0 radical (unpaired) electrons. The molecule has 1 aromatic carbocycles. The molecule has 1 aromatic heterocycles. The normalized spacial score (nSPS) is 11.2. The number of rotatable bonds is 4. The van der Waals surface area contributed by atoms with Crippen molar-refractivity contribution in [3.8, 4) is 5.69 Å². The van der Waals surface area contributed by atoms with Crippen LogP contribution < -0.4 is 5.56 Å². The van der Waals surface area contributed by atoms with Crippen LogP contribution >= 0.6 is 0 Å². The molecule has 0 amide bonds. The number of hydrogen-bond donors (Lipinski definition) is 1. The molecule has 0 unspecified atom stereocenters. The molecular weight excluding hydrogens is 236 g/mol. The minimum atomic E-state index is 0.0937. The van der Waals surface area contributed by atoms with Crippen LogP contribution in [0.2, 0.25) is 0 Å². The highest BCUT2D eigenvalue weighted by molar-refractivity contribution is 5.36. The van der Waals surface area contributed by atoms with E-state index in [-0.39, 0.29) is 5.56 Å². The van der Waals surface area contributed by atoms with Gasteiger partial charge in [-0.25, -0.2) is 4.68 Å². The van der Waals surface area contributed by atoms with Crippen LogP contribution in [0.15, 0.2) is 29.1 Å². The van der Waals surface area contributed by atoms with Crippen molar-refractivity contribution in [2.45, 2.75) is 46.5 Å². The van der Waals surface area contributed by atoms with Crippen molar-refractivity contribution >= 4 is 0 Å². The molecule has 0 fully saturated rings. The van der Waals surface area contributed by atoms with Crippen molar-refractivity contribution in [1.82, 2.24) is 9.78 Å². The fraction of sp³-hybridized carbons (Fsp3) is 0.438. The molecule has 2 aromatic rings. The monoisotopic (exact) mass is 258 g/mol. The summed E-state index contributed by atoms with van der Waals surface area (Å²) < 4.78 is 1.67. The lowest BCUT2D eigenvalue weighted by atomic mass is 10.0. The maximum absolute atomic E-state index is 12.5. The number of aromatic nitrogens is 2. The quantitative estimate of drug-likeness (QED) is 0.894. The van der Waals surface area contributed by atoms with Gasteiger partial charge in [-0.15, -0.1) is 0 Å². The van der Waals surface area contributed by atoms with Crippen LogP contribution in [0.5, 0.6) is 0 Å². The Hall–Kier alpha value is -1.77. The second kappa shape index (κ2) is 5.47. The number of aromatic amines is 1. The van der Waals surface area contributed by atoms with Gasteiger partial charge in [0.15, 0.2) is 0 Å². The molecule has 0 aliphatic heterocycles. The molecule has 1 N–H and O–H groups in total. The highest BCUT2D eigenvalue weighted by atomic mass is 16.1. The van der Waals surface area contributed by atoms with Crippen LogP contribution in [0, 0.1) is 6.92 Å². The smallest absolute Gasteiger partial charge is 0.274 e. The van der Waals surface area contributed by atoms with E-state index < -0.39 is 0 Å². The van der Waals surface area contributed by atoms with Crippen molar-refractivity contribution in [3.05, 3.63) is 51.4 Å². The predicted octanol–water partition coefficient (Wildman–Crippen LogP) is 3.55. The molecule has 0 aliphatic rings. The molecule has 0 saturated carbocycles. The fourth-order valence-corrected chi connectivity index (χ4v) is 2.41. The van der Waals surface area contributed by atoms with Crippen molar-refractivity contribution in [2.75, 3.05) is 0 Å². The summed E-state index contributed by atoms with van der Waals surface area (Å²) >= 11 is 0. The van der Waals surface area contributed by atoms with Crippen molar-refractivity contribution < 1.29 is 0 Å². The van der Waals surface area contributed by atoms with E-state index in [0.717, 1.165) is 35.3 Å². The fourth-order valence-electron chi connectivity index (χ4n) is 2.41. The molecule has 3 nitrogen and oxygen atoms in total. The minimum absolute atomic E-state index is 0.0937. The third kappa shape index (κ3) is 2.65. The lowest BCUT2D eigenvalue weighted by molar-refractivity contribution is 0.754. The molecule has 2 rings (SSSR count). The van der Waals surface area contributed by atoms with E-state index >= 15 is 0 Å². The van der Waals surface area contributed by atoms with Crippen LogP contribution in [0.1, 0.15) is 49.9 Å². The van der Waals surface area contributed by atoms with Gasteiger partial charge < -0.3 is 0 Å². The highest BCUT2D eigenvalue weighted by Crippen LogP contribution is 2.18. The molecule has 0 atom stereocenters. The summed E-state index contributed by atoms with van der Waals surface area (Å²) in [7, 11) is 0. The van der Waals surface area contributed by atoms with E-state index in [0.29, 0.717) is 5.92 Å². The van der Waals surface area contributed by atoms with Gasteiger partial charge in [-0.2, -0.15) is 0 Å². The predicted molar refractivity (Wildman–Crippen MR) is 79.2 cm³/mol. The zero-order valence-electron chi connectivity index (χ0n) is 12.2. The Morgan fingerprint density at radius 2 is 2.05 bits per heavy atom. The summed E-state index contributed by atoms with van der Waals surface area (Å²) in [4.78, 5) is 12.5. The first-order chi connectivity index (χ1) is 9.04. The summed E-state index contributed by atoms with van der Waals surface area (Å²) in [6.45, 7) is 8.37. The van der Waals surface area contributed by atoms with Crippen molar-refractivity contribution in [2.24, 2.45) is 0 Å². The van der Waals surface area contributed by atoms with Gasteiger partial charge >= 0.3 is 0 Å². The molecule has 3 heteroatoms. The molecule has 0 bridgehead atoms. The van der Waals surface area contributed by atoms with Crippen LogP contribution in [0.4, 0.5) is 0 Å².